The maximum atomic E-state index is 13.2. The van der Waals surface area contributed by atoms with Crippen LogP contribution in [0.1, 0.15) is 48.0 Å². The normalized spacial score (nSPS) is 29.9. The molecule has 5 amide bonds. The van der Waals surface area contributed by atoms with Crippen LogP contribution in [-0.2, 0) is 24.0 Å². The lowest BCUT2D eigenvalue weighted by molar-refractivity contribution is -0.135. The first-order chi connectivity index (χ1) is 15.9. The van der Waals surface area contributed by atoms with Crippen molar-refractivity contribution in [1.29, 1.82) is 0 Å². The Morgan fingerprint density at radius 3 is 1.50 bits per heavy atom. The van der Waals surface area contributed by atoms with Gasteiger partial charge in [-0.3, -0.25) is 24.0 Å². The zero-order chi connectivity index (χ0) is 25.6. The van der Waals surface area contributed by atoms with Crippen molar-refractivity contribution in [2.24, 2.45) is 17.8 Å². The van der Waals surface area contributed by atoms with Crippen molar-refractivity contribution in [3.63, 3.8) is 0 Å². The van der Waals surface area contributed by atoms with Crippen molar-refractivity contribution >= 4 is 51.1 Å². The molecule has 2 heterocycles. The predicted molar refractivity (Wildman–Crippen MR) is 134 cm³/mol. The molecule has 2 saturated heterocycles. The maximum Gasteiger partial charge on any atom is 0.244 e. The summed E-state index contributed by atoms with van der Waals surface area (Å²) >= 11 is 0. The van der Waals surface area contributed by atoms with E-state index >= 15 is 0 Å². The third-order valence-electron chi connectivity index (χ3n) is 5.65. The van der Waals surface area contributed by atoms with E-state index in [-0.39, 0.29) is 17.8 Å². The summed E-state index contributed by atoms with van der Waals surface area (Å²) in [4.78, 5) is 65.3. The molecule has 0 aromatic rings. The van der Waals surface area contributed by atoms with Crippen LogP contribution >= 0.6 is 21.6 Å². The Balaban J connectivity index is 2.46. The summed E-state index contributed by atoms with van der Waals surface area (Å²) in [5.41, 5.74) is 0. The number of amides is 5. The van der Waals surface area contributed by atoms with Crippen molar-refractivity contribution in [3.8, 4) is 0 Å². The van der Waals surface area contributed by atoms with Gasteiger partial charge in [-0.2, -0.15) is 0 Å². The van der Waals surface area contributed by atoms with Crippen LogP contribution in [0.15, 0.2) is 0 Å². The van der Waals surface area contributed by atoms with Crippen LogP contribution in [0.5, 0.6) is 0 Å². The second-order valence-electron chi connectivity index (χ2n) is 9.84. The molecule has 0 spiro atoms. The fourth-order valence-corrected chi connectivity index (χ4v) is 6.00. The highest BCUT2D eigenvalue weighted by molar-refractivity contribution is 8.76. The van der Waals surface area contributed by atoms with Gasteiger partial charge in [0.25, 0.3) is 0 Å². The van der Waals surface area contributed by atoms with Crippen LogP contribution in [0.3, 0.4) is 0 Å². The summed E-state index contributed by atoms with van der Waals surface area (Å²) in [5, 5.41) is 13.7. The molecule has 5 N–H and O–H groups in total. The van der Waals surface area contributed by atoms with Gasteiger partial charge in [-0.15, -0.1) is 0 Å². The first-order valence-corrected chi connectivity index (χ1v) is 14.2. The minimum absolute atomic E-state index is 0.0952. The molecule has 0 aromatic carbocycles. The average Bonchev–Trinajstić information content (AvgIpc) is 2.72. The lowest BCUT2D eigenvalue weighted by Crippen LogP contribution is -2.60. The average molecular weight is 516 g/mol. The molecule has 34 heavy (non-hydrogen) atoms. The van der Waals surface area contributed by atoms with Gasteiger partial charge in [0, 0.05) is 11.5 Å². The van der Waals surface area contributed by atoms with Crippen LogP contribution < -0.4 is 26.6 Å². The predicted octanol–water partition coefficient (Wildman–Crippen LogP) is 0.177. The van der Waals surface area contributed by atoms with E-state index in [0.717, 1.165) is 0 Å². The lowest BCUT2D eigenvalue weighted by Gasteiger charge is -2.29. The first kappa shape index (κ1) is 28.3. The Morgan fingerprint density at radius 2 is 1.03 bits per heavy atom. The molecule has 0 radical (unpaired) electrons. The molecule has 5 atom stereocenters. The van der Waals surface area contributed by atoms with Crippen LogP contribution in [0, 0.1) is 17.8 Å². The zero-order valence-electron chi connectivity index (χ0n) is 20.6. The number of carbonyl (C=O) groups is 5. The summed E-state index contributed by atoms with van der Waals surface area (Å²) in [6, 6.07) is -4.39. The van der Waals surface area contributed by atoms with Crippen molar-refractivity contribution in [2.75, 3.05) is 11.5 Å². The van der Waals surface area contributed by atoms with Gasteiger partial charge in [0.1, 0.15) is 30.2 Å². The topological polar surface area (TPSA) is 146 Å². The SMILES string of the molecule is CC(C)C[C@@H]1NC(=O)[C@H]2CSSC[C@@H](NC(=O)[C@H](C(C)C)NC(=O)[C@@H](C(C)C)NC1=O)C(=O)N2. The largest absolute Gasteiger partial charge is 0.342 e. The number of fused-ring (bicyclic) bond motifs is 3. The Labute approximate surface area is 209 Å². The molecule has 2 bridgehead atoms. The van der Waals surface area contributed by atoms with Crippen molar-refractivity contribution in [1.82, 2.24) is 26.6 Å². The summed E-state index contributed by atoms with van der Waals surface area (Å²) in [5.74, 6) is -2.19. The van der Waals surface area contributed by atoms with E-state index in [1.54, 1.807) is 27.7 Å². The van der Waals surface area contributed by atoms with E-state index in [2.05, 4.69) is 26.6 Å². The second-order valence-corrected chi connectivity index (χ2v) is 12.4. The molecule has 0 unspecified atom stereocenters. The molecule has 0 saturated carbocycles. The Kier molecular flexibility index (Phi) is 10.5. The van der Waals surface area contributed by atoms with Gasteiger partial charge in [-0.1, -0.05) is 63.1 Å². The fourth-order valence-electron chi connectivity index (χ4n) is 3.67. The quantitative estimate of drug-likeness (QED) is 0.336. The monoisotopic (exact) mass is 515 g/mol. The summed E-state index contributed by atoms with van der Waals surface area (Å²) in [6.45, 7) is 11.0. The van der Waals surface area contributed by atoms with E-state index in [1.165, 1.54) is 21.6 Å². The number of hydrogen-bond acceptors (Lipinski definition) is 7. The highest BCUT2D eigenvalue weighted by Crippen LogP contribution is 2.25. The summed E-state index contributed by atoms with van der Waals surface area (Å²) < 4.78 is 0. The van der Waals surface area contributed by atoms with E-state index < -0.39 is 59.7 Å². The minimum atomic E-state index is -0.897. The van der Waals surface area contributed by atoms with Gasteiger partial charge in [0.15, 0.2) is 0 Å². The highest BCUT2D eigenvalue weighted by Gasteiger charge is 2.37. The molecule has 2 aliphatic heterocycles. The van der Waals surface area contributed by atoms with Crippen molar-refractivity contribution in [2.45, 2.75) is 78.2 Å². The first-order valence-electron chi connectivity index (χ1n) is 11.7. The molecule has 2 fully saturated rings. The van der Waals surface area contributed by atoms with Crippen LogP contribution in [0.4, 0.5) is 0 Å². The van der Waals surface area contributed by atoms with Crippen molar-refractivity contribution in [3.05, 3.63) is 0 Å². The fraction of sp³-hybridized carbons (Fsp3) is 0.773. The molecular formula is C22H37N5O5S2. The molecule has 0 aliphatic carbocycles. The van der Waals surface area contributed by atoms with Crippen molar-refractivity contribution < 1.29 is 24.0 Å². The Bertz CT molecular complexity index is 792. The Morgan fingerprint density at radius 1 is 0.618 bits per heavy atom. The molecule has 2 rings (SSSR count). The molecule has 12 heteroatoms. The van der Waals surface area contributed by atoms with E-state index in [9.17, 15) is 24.0 Å². The van der Waals surface area contributed by atoms with Gasteiger partial charge < -0.3 is 26.6 Å². The maximum absolute atomic E-state index is 13.2. The number of rotatable bonds is 4. The summed E-state index contributed by atoms with van der Waals surface area (Å²) in [7, 11) is 2.80. The molecular weight excluding hydrogens is 478 g/mol. The van der Waals surface area contributed by atoms with Crippen LogP contribution in [0.2, 0.25) is 0 Å². The van der Waals surface area contributed by atoms with Gasteiger partial charge >= 0.3 is 0 Å². The zero-order valence-corrected chi connectivity index (χ0v) is 22.2. The number of nitrogens with one attached hydrogen (secondary N) is 5. The van der Waals surface area contributed by atoms with Gasteiger partial charge in [0.05, 0.1) is 0 Å². The minimum Gasteiger partial charge on any atom is -0.342 e. The van der Waals surface area contributed by atoms with Crippen LogP contribution in [0.25, 0.3) is 0 Å². The molecule has 192 valence electrons. The highest BCUT2D eigenvalue weighted by atomic mass is 33.1. The van der Waals surface area contributed by atoms with E-state index in [1.807, 2.05) is 13.8 Å². The van der Waals surface area contributed by atoms with E-state index in [4.69, 9.17) is 0 Å². The number of carbonyl (C=O) groups excluding carboxylic acids is 5. The number of hydrogen-bond donors (Lipinski definition) is 5. The third-order valence-corrected chi connectivity index (χ3v) is 8.07. The molecule has 2 aliphatic rings. The van der Waals surface area contributed by atoms with Crippen LogP contribution in [-0.4, -0.2) is 71.3 Å². The molecule has 10 nitrogen and oxygen atoms in total. The van der Waals surface area contributed by atoms with Gasteiger partial charge in [0.2, 0.25) is 29.5 Å². The molecule has 0 aromatic heterocycles. The second kappa shape index (κ2) is 12.7. The smallest absolute Gasteiger partial charge is 0.244 e. The Hall–Kier alpha value is -1.95. The van der Waals surface area contributed by atoms with E-state index in [0.29, 0.717) is 17.9 Å². The third kappa shape index (κ3) is 7.79. The van der Waals surface area contributed by atoms with Gasteiger partial charge in [-0.25, -0.2) is 0 Å². The lowest BCUT2D eigenvalue weighted by atomic mass is 9.98. The van der Waals surface area contributed by atoms with Gasteiger partial charge in [-0.05, 0) is 24.2 Å². The summed E-state index contributed by atoms with van der Waals surface area (Å²) in [6.07, 6.45) is 0.365. The standard InChI is InChI=1S/C22H37N5O5S2/c1-10(2)7-13-18(28)26-17(12(5)6)22(32)27-16(11(3)4)21(31)25-15-9-34-33-8-14(19(29)23-13)24-20(15)30/h10-17H,7-9H2,1-6H3,(H,23,29)(H,24,30)(H,25,31)(H,26,28)(H,27,32)/t13-,14+,15+,16-,17+/m0/s1.